The van der Waals surface area contributed by atoms with Crippen LogP contribution in [0.5, 0.6) is 11.6 Å². The Balaban J connectivity index is 1.69. The van der Waals surface area contributed by atoms with Gasteiger partial charge in [0.2, 0.25) is 5.88 Å². The summed E-state index contributed by atoms with van der Waals surface area (Å²) in [6.07, 6.45) is 3.77. The average molecular weight is 350 g/mol. The highest BCUT2D eigenvalue weighted by molar-refractivity contribution is 5.93. The Bertz CT molecular complexity index is 884. The molecule has 0 aliphatic rings. The van der Waals surface area contributed by atoms with Gasteiger partial charge in [0.05, 0.1) is 0 Å². The highest BCUT2D eigenvalue weighted by Crippen LogP contribution is 2.28. The number of nitrogens with zero attached hydrogens (tertiary/aromatic N) is 3. The molecule has 0 radical (unpaired) electrons. The molecule has 2 heterocycles. The number of ether oxygens (including phenoxy) is 1. The topological polar surface area (TPSA) is 115 Å². The molecule has 3 aromatic rings. The lowest BCUT2D eigenvalue weighted by Gasteiger charge is -2.12. The fraction of sp³-hybridized carbons (Fsp3) is 0.111. The summed E-state index contributed by atoms with van der Waals surface area (Å²) < 4.78 is 5.70. The minimum Gasteiger partial charge on any atom is -0.437 e. The maximum atomic E-state index is 12.0. The second kappa shape index (κ2) is 7.93. The zero-order valence-corrected chi connectivity index (χ0v) is 14.1. The van der Waals surface area contributed by atoms with Gasteiger partial charge in [-0.1, -0.05) is 25.1 Å². The van der Waals surface area contributed by atoms with Crippen LogP contribution in [0.2, 0.25) is 0 Å². The number of aromatic nitrogens is 3. The maximum absolute atomic E-state index is 12.0. The predicted molar refractivity (Wildman–Crippen MR) is 97.7 cm³/mol. The van der Waals surface area contributed by atoms with Crippen LogP contribution in [0.25, 0.3) is 0 Å². The number of aryl methyl sites for hydroxylation is 1. The molecule has 0 atom stereocenters. The number of nitrogens with two attached hydrogens (primary N) is 1. The number of hydrogen-bond acceptors (Lipinski definition) is 7. The van der Waals surface area contributed by atoms with Gasteiger partial charge in [0.1, 0.15) is 23.5 Å². The smallest absolute Gasteiger partial charge is 0.288 e. The summed E-state index contributed by atoms with van der Waals surface area (Å²) in [5, 5.41) is 0. The van der Waals surface area contributed by atoms with Gasteiger partial charge in [0, 0.05) is 6.20 Å². The summed E-state index contributed by atoms with van der Waals surface area (Å²) in [6.45, 7) is 2.08. The van der Waals surface area contributed by atoms with E-state index in [1.54, 1.807) is 18.2 Å². The number of pyridine rings is 1. The van der Waals surface area contributed by atoms with E-state index in [1.165, 1.54) is 18.1 Å². The molecule has 3 rings (SSSR count). The number of carbonyl (C=O) groups is 1. The third-order valence-corrected chi connectivity index (χ3v) is 3.59. The lowest BCUT2D eigenvalue weighted by molar-refractivity contribution is 0.0957. The molecule has 0 aliphatic carbocycles. The standard InChI is InChI=1S/C18H18N6O2/c1-2-12-6-8-13(9-7-12)26-18-15(19)16(21-11-22-18)23-24-17(25)14-5-3-4-10-20-14/h3-11H,2,19H2,1H3,(H,24,25)(H,21,22,23). The number of nitrogens with one attached hydrogen (secondary N) is 2. The van der Waals surface area contributed by atoms with Crippen LogP contribution >= 0.6 is 0 Å². The quantitative estimate of drug-likeness (QED) is 0.585. The summed E-state index contributed by atoms with van der Waals surface area (Å²) >= 11 is 0. The van der Waals surface area contributed by atoms with Crippen LogP contribution in [0.3, 0.4) is 0 Å². The Hall–Kier alpha value is -3.68. The van der Waals surface area contributed by atoms with Crippen molar-refractivity contribution in [2.45, 2.75) is 13.3 Å². The number of hydrogen-bond donors (Lipinski definition) is 3. The first-order valence-electron chi connectivity index (χ1n) is 8.02. The van der Waals surface area contributed by atoms with Crippen molar-refractivity contribution in [3.05, 3.63) is 66.2 Å². The molecule has 132 valence electrons. The molecule has 4 N–H and O–H groups in total. The second-order valence-electron chi connectivity index (χ2n) is 5.33. The number of hydrazine groups is 1. The fourth-order valence-electron chi connectivity index (χ4n) is 2.14. The maximum Gasteiger partial charge on any atom is 0.288 e. The second-order valence-corrected chi connectivity index (χ2v) is 5.33. The Kier molecular flexibility index (Phi) is 5.23. The van der Waals surface area contributed by atoms with Crippen LogP contribution in [0.4, 0.5) is 11.5 Å². The third-order valence-electron chi connectivity index (χ3n) is 3.59. The van der Waals surface area contributed by atoms with Gasteiger partial charge in [0.25, 0.3) is 5.91 Å². The zero-order chi connectivity index (χ0) is 18.4. The molecule has 0 bridgehead atoms. The van der Waals surface area contributed by atoms with Crippen molar-refractivity contribution in [1.29, 1.82) is 0 Å². The highest BCUT2D eigenvalue weighted by Gasteiger charge is 2.12. The summed E-state index contributed by atoms with van der Waals surface area (Å²) in [5.41, 5.74) is 12.8. The van der Waals surface area contributed by atoms with Gasteiger partial charge < -0.3 is 10.5 Å². The fourth-order valence-corrected chi connectivity index (χ4v) is 2.14. The largest absolute Gasteiger partial charge is 0.437 e. The number of carbonyl (C=O) groups excluding carboxylic acids is 1. The van der Waals surface area contributed by atoms with Gasteiger partial charge >= 0.3 is 0 Å². The van der Waals surface area contributed by atoms with Crippen molar-refractivity contribution >= 4 is 17.4 Å². The molecule has 0 saturated heterocycles. The number of benzene rings is 1. The monoisotopic (exact) mass is 350 g/mol. The number of anilines is 2. The molecule has 8 heteroatoms. The van der Waals surface area contributed by atoms with Crippen molar-refractivity contribution in [2.75, 3.05) is 11.2 Å². The molecule has 26 heavy (non-hydrogen) atoms. The van der Waals surface area contributed by atoms with E-state index < -0.39 is 5.91 Å². The molecule has 0 spiro atoms. The summed E-state index contributed by atoms with van der Waals surface area (Å²) in [4.78, 5) is 24.0. The van der Waals surface area contributed by atoms with E-state index in [2.05, 4.69) is 32.7 Å². The van der Waals surface area contributed by atoms with Crippen molar-refractivity contribution in [1.82, 2.24) is 20.4 Å². The van der Waals surface area contributed by atoms with Gasteiger partial charge in [-0.25, -0.2) is 4.98 Å². The molecule has 0 aliphatic heterocycles. The van der Waals surface area contributed by atoms with Crippen LogP contribution in [-0.2, 0) is 6.42 Å². The van der Waals surface area contributed by atoms with Gasteiger partial charge in [-0.3, -0.25) is 20.6 Å². The molecular formula is C18H18N6O2. The molecule has 1 aromatic carbocycles. The first-order valence-corrected chi connectivity index (χ1v) is 8.02. The van der Waals surface area contributed by atoms with E-state index in [1.807, 2.05) is 24.3 Å². The minimum atomic E-state index is -0.416. The van der Waals surface area contributed by atoms with E-state index in [9.17, 15) is 4.79 Å². The Morgan fingerprint density at radius 3 is 2.62 bits per heavy atom. The van der Waals surface area contributed by atoms with Crippen LogP contribution in [0, 0.1) is 0 Å². The van der Waals surface area contributed by atoms with Crippen LogP contribution in [-0.4, -0.2) is 20.9 Å². The van der Waals surface area contributed by atoms with E-state index in [0.29, 0.717) is 5.75 Å². The first-order chi connectivity index (χ1) is 12.7. The normalized spacial score (nSPS) is 10.2. The van der Waals surface area contributed by atoms with Crippen LogP contribution < -0.4 is 21.3 Å². The zero-order valence-electron chi connectivity index (χ0n) is 14.1. The van der Waals surface area contributed by atoms with E-state index in [-0.39, 0.29) is 23.1 Å². The molecular weight excluding hydrogens is 332 g/mol. The molecule has 0 saturated carbocycles. The summed E-state index contributed by atoms with van der Waals surface area (Å²) in [6, 6.07) is 12.7. The molecule has 2 aromatic heterocycles. The lowest BCUT2D eigenvalue weighted by Crippen LogP contribution is -2.30. The Morgan fingerprint density at radius 2 is 1.92 bits per heavy atom. The predicted octanol–water partition coefficient (Wildman–Crippen LogP) is 2.57. The molecule has 0 fully saturated rings. The van der Waals surface area contributed by atoms with Crippen LogP contribution in [0.15, 0.2) is 55.0 Å². The molecule has 8 nitrogen and oxygen atoms in total. The number of rotatable bonds is 6. The third kappa shape index (κ3) is 4.04. The lowest BCUT2D eigenvalue weighted by atomic mass is 10.2. The van der Waals surface area contributed by atoms with Gasteiger partial charge in [-0.2, -0.15) is 4.98 Å². The van der Waals surface area contributed by atoms with Crippen molar-refractivity contribution in [3.63, 3.8) is 0 Å². The molecule has 0 unspecified atom stereocenters. The van der Waals surface area contributed by atoms with Gasteiger partial charge in [-0.05, 0) is 36.2 Å². The van der Waals surface area contributed by atoms with Gasteiger partial charge in [-0.15, -0.1) is 0 Å². The highest BCUT2D eigenvalue weighted by atomic mass is 16.5. The van der Waals surface area contributed by atoms with Gasteiger partial charge in [0.15, 0.2) is 5.82 Å². The minimum absolute atomic E-state index is 0.174. The first kappa shape index (κ1) is 17.2. The van der Waals surface area contributed by atoms with Crippen LogP contribution in [0.1, 0.15) is 23.0 Å². The summed E-state index contributed by atoms with van der Waals surface area (Å²) in [7, 11) is 0. The summed E-state index contributed by atoms with van der Waals surface area (Å²) in [5.74, 6) is 0.612. The van der Waals surface area contributed by atoms with E-state index in [4.69, 9.17) is 10.5 Å². The van der Waals surface area contributed by atoms with Crippen molar-refractivity contribution in [2.24, 2.45) is 0 Å². The SMILES string of the molecule is CCc1ccc(Oc2ncnc(NNC(=O)c3ccccn3)c2N)cc1. The Morgan fingerprint density at radius 1 is 1.12 bits per heavy atom. The van der Waals surface area contributed by atoms with E-state index in [0.717, 1.165) is 6.42 Å². The van der Waals surface area contributed by atoms with E-state index >= 15 is 0 Å². The average Bonchev–Trinajstić information content (AvgIpc) is 2.69. The Labute approximate surface area is 150 Å². The van der Waals surface area contributed by atoms with Crippen molar-refractivity contribution < 1.29 is 9.53 Å². The van der Waals surface area contributed by atoms with Crippen molar-refractivity contribution in [3.8, 4) is 11.6 Å². The molecule has 1 amide bonds. The number of amides is 1. The number of nitrogen functional groups attached to an aromatic ring is 1.